The number of aromatic nitrogens is 1. The minimum absolute atomic E-state index is 0.482. The predicted octanol–water partition coefficient (Wildman–Crippen LogP) is 4.47. The van der Waals surface area contributed by atoms with Crippen LogP contribution in [0.5, 0.6) is 5.75 Å². The average molecular weight is 270 g/mol. The number of hydrogen-bond acceptors (Lipinski definition) is 2. The molecule has 0 saturated heterocycles. The van der Waals surface area contributed by atoms with Crippen LogP contribution in [0.3, 0.4) is 0 Å². The van der Waals surface area contributed by atoms with E-state index < -0.39 is 0 Å². The number of halogens is 1. The number of benzene rings is 2. The fourth-order valence-electron chi connectivity index (χ4n) is 1.98. The van der Waals surface area contributed by atoms with E-state index in [0.29, 0.717) is 6.61 Å². The first-order valence-electron chi connectivity index (χ1n) is 6.04. The molecule has 19 heavy (non-hydrogen) atoms. The molecule has 94 valence electrons. The zero-order valence-corrected chi connectivity index (χ0v) is 11.0. The standard InChI is InChI=1S/C16H12ClNO/c17-14-7-1-4-12(10-14)11-19-15-8-2-5-13-6-3-9-18-16(13)15/h1-10H,11H2. The van der Waals surface area contributed by atoms with Gasteiger partial charge in [-0.15, -0.1) is 0 Å². The van der Waals surface area contributed by atoms with E-state index in [2.05, 4.69) is 4.98 Å². The molecule has 0 unspecified atom stereocenters. The normalized spacial score (nSPS) is 10.6. The van der Waals surface area contributed by atoms with E-state index in [1.807, 2.05) is 54.6 Å². The fraction of sp³-hybridized carbons (Fsp3) is 0.0625. The second-order valence-corrected chi connectivity index (χ2v) is 4.69. The van der Waals surface area contributed by atoms with Crippen molar-refractivity contribution < 1.29 is 4.74 Å². The van der Waals surface area contributed by atoms with Gasteiger partial charge < -0.3 is 4.74 Å². The summed E-state index contributed by atoms with van der Waals surface area (Å²) in [5.41, 5.74) is 1.92. The maximum atomic E-state index is 5.95. The molecular weight excluding hydrogens is 258 g/mol. The first-order valence-corrected chi connectivity index (χ1v) is 6.42. The molecule has 0 amide bonds. The molecule has 3 heteroatoms. The SMILES string of the molecule is Clc1cccc(COc2cccc3cccnc23)c1. The monoisotopic (exact) mass is 269 g/mol. The topological polar surface area (TPSA) is 22.1 Å². The summed E-state index contributed by atoms with van der Waals surface area (Å²) in [6, 6.07) is 17.5. The summed E-state index contributed by atoms with van der Waals surface area (Å²) in [6.45, 7) is 0.482. The van der Waals surface area contributed by atoms with Crippen molar-refractivity contribution in [2.24, 2.45) is 0 Å². The predicted molar refractivity (Wildman–Crippen MR) is 77.5 cm³/mol. The molecule has 0 radical (unpaired) electrons. The summed E-state index contributed by atoms with van der Waals surface area (Å²) >= 11 is 5.95. The van der Waals surface area contributed by atoms with E-state index in [-0.39, 0.29) is 0 Å². The Kier molecular flexibility index (Phi) is 3.34. The lowest BCUT2D eigenvalue weighted by Gasteiger charge is -2.08. The van der Waals surface area contributed by atoms with Crippen molar-refractivity contribution in [1.29, 1.82) is 0 Å². The first kappa shape index (κ1) is 12.0. The number of fused-ring (bicyclic) bond motifs is 1. The molecule has 0 saturated carbocycles. The van der Waals surface area contributed by atoms with Crippen molar-refractivity contribution in [2.75, 3.05) is 0 Å². The molecule has 1 heterocycles. The van der Waals surface area contributed by atoms with Gasteiger partial charge in [-0.25, -0.2) is 0 Å². The van der Waals surface area contributed by atoms with Crippen molar-refractivity contribution >= 4 is 22.5 Å². The average Bonchev–Trinajstić information content (AvgIpc) is 2.45. The number of nitrogens with zero attached hydrogens (tertiary/aromatic N) is 1. The van der Waals surface area contributed by atoms with Gasteiger partial charge in [0.05, 0.1) is 0 Å². The van der Waals surface area contributed by atoms with Gasteiger partial charge in [0.2, 0.25) is 0 Å². The van der Waals surface area contributed by atoms with Crippen molar-refractivity contribution in [3.05, 3.63) is 71.4 Å². The van der Waals surface area contributed by atoms with Gasteiger partial charge in [0.15, 0.2) is 0 Å². The Morgan fingerprint density at radius 2 is 1.84 bits per heavy atom. The lowest BCUT2D eigenvalue weighted by molar-refractivity contribution is 0.309. The number of rotatable bonds is 3. The lowest BCUT2D eigenvalue weighted by Crippen LogP contribution is -1.96. The molecule has 0 spiro atoms. The summed E-state index contributed by atoms with van der Waals surface area (Å²) < 4.78 is 5.84. The summed E-state index contributed by atoms with van der Waals surface area (Å²) in [6.07, 6.45) is 1.77. The molecule has 2 aromatic carbocycles. The zero-order valence-electron chi connectivity index (χ0n) is 10.2. The molecule has 0 fully saturated rings. The van der Waals surface area contributed by atoms with E-state index in [1.54, 1.807) is 6.20 Å². The first-order chi connectivity index (χ1) is 9.33. The van der Waals surface area contributed by atoms with Gasteiger partial charge >= 0.3 is 0 Å². The molecule has 0 bridgehead atoms. The quantitative estimate of drug-likeness (QED) is 0.700. The lowest BCUT2D eigenvalue weighted by atomic mass is 10.2. The Balaban J connectivity index is 1.86. The van der Waals surface area contributed by atoms with E-state index in [0.717, 1.165) is 27.2 Å². The third-order valence-corrected chi connectivity index (χ3v) is 3.11. The van der Waals surface area contributed by atoms with Crippen molar-refractivity contribution in [3.63, 3.8) is 0 Å². The van der Waals surface area contributed by atoms with Crippen molar-refractivity contribution in [2.45, 2.75) is 6.61 Å². The van der Waals surface area contributed by atoms with Gasteiger partial charge in [-0.2, -0.15) is 0 Å². The van der Waals surface area contributed by atoms with Crippen molar-refractivity contribution in [3.8, 4) is 5.75 Å². The molecular formula is C16H12ClNO. The Bertz CT molecular complexity index is 706. The number of para-hydroxylation sites is 1. The molecule has 0 atom stereocenters. The molecule has 2 nitrogen and oxygen atoms in total. The number of hydrogen-bond donors (Lipinski definition) is 0. The van der Waals surface area contributed by atoms with Crippen LogP contribution in [0.25, 0.3) is 10.9 Å². The van der Waals surface area contributed by atoms with Gasteiger partial charge in [0, 0.05) is 16.6 Å². The number of ether oxygens (including phenoxy) is 1. The van der Waals surface area contributed by atoms with Crippen LogP contribution in [0.15, 0.2) is 60.8 Å². The van der Waals surface area contributed by atoms with Gasteiger partial charge in [-0.05, 0) is 29.8 Å². The molecule has 1 aromatic heterocycles. The van der Waals surface area contributed by atoms with Crippen molar-refractivity contribution in [1.82, 2.24) is 4.98 Å². The van der Waals surface area contributed by atoms with E-state index >= 15 is 0 Å². The Hall–Kier alpha value is -2.06. The summed E-state index contributed by atoms with van der Waals surface area (Å²) in [7, 11) is 0. The van der Waals surface area contributed by atoms with Gasteiger partial charge in [0.25, 0.3) is 0 Å². The Morgan fingerprint density at radius 1 is 1.00 bits per heavy atom. The molecule has 0 aliphatic heterocycles. The highest BCUT2D eigenvalue weighted by molar-refractivity contribution is 6.30. The largest absolute Gasteiger partial charge is 0.487 e. The third-order valence-electron chi connectivity index (χ3n) is 2.88. The summed E-state index contributed by atoms with van der Waals surface area (Å²) in [4.78, 5) is 4.36. The van der Waals surface area contributed by atoms with Crippen LogP contribution in [0.4, 0.5) is 0 Å². The smallest absolute Gasteiger partial charge is 0.146 e. The second-order valence-electron chi connectivity index (χ2n) is 4.25. The van der Waals surface area contributed by atoms with Crippen LogP contribution >= 0.6 is 11.6 Å². The molecule has 0 aliphatic rings. The maximum absolute atomic E-state index is 5.95. The van der Waals surface area contributed by atoms with E-state index in [9.17, 15) is 0 Å². The molecule has 0 aliphatic carbocycles. The fourth-order valence-corrected chi connectivity index (χ4v) is 2.19. The van der Waals surface area contributed by atoms with Crippen LogP contribution in [-0.4, -0.2) is 4.98 Å². The van der Waals surface area contributed by atoms with Gasteiger partial charge in [-0.3, -0.25) is 4.98 Å². The van der Waals surface area contributed by atoms with Gasteiger partial charge in [0.1, 0.15) is 17.9 Å². The van der Waals surface area contributed by atoms with Crippen LogP contribution < -0.4 is 4.74 Å². The van der Waals surface area contributed by atoms with Crippen LogP contribution in [-0.2, 0) is 6.61 Å². The summed E-state index contributed by atoms with van der Waals surface area (Å²) in [5.74, 6) is 0.790. The highest BCUT2D eigenvalue weighted by atomic mass is 35.5. The van der Waals surface area contributed by atoms with Crippen LogP contribution in [0, 0.1) is 0 Å². The molecule has 0 N–H and O–H groups in total. The van der Waals surface area contributed by atoms with Crippen LogP contribution in [0.1, 0.15) is 5.56 Å². The molecule has 3 aromatic rings. The minimum atomic E-state index is 0.482. The Morgan fingerprint density at radius 3 is 2.74 bits per heavy atom. The van der Waals surface area contributed by atoms with E-state index in [1.165, 1.54) is 0 Å². The maximum Gasteiger partial charge on any atom is 0.146 e. The summed E-state index contributed by atoms with van der Waals surface area (Å²) in [5, 5.41) is 1.79. The molecule has 3 rings (SSSR count). The highest BCUT2D eigenvalue weighted by Gasteiger charge is 2.03. The minimum Gasteiger partial charge on any atom is -0.487 e. The zero-order chi connectivity index (χ0) is 13.1. The van der Waals surface area contributed by atoms with Crippen LogP contribution in [0.2, 0.25) is 5.02 Å². The highest BCUT2D eigenvalue weighted by Crippen LogP contribution is 2.24. The number of pyridine rings is 1. The van der Waals surface area contributed by atoms with Gasteiger partial charge in [-0.1, -0.05) is 41.9 Å². The second kappa shape index (κ2) is 5.29. The third kappa shape index (κ3) is 2.69. The van der Waals surface area contributed by atoms with E-state index in [4.69, 9.17) is 16.3 Å². The Labute approximate surface area is 116 Å².